The van der Waals surface area contributed by atoms with Gasteiger partial charge < -0.3 is 0 Å². The molecular weight excluding hydrogens is 192 g/mol. The van der Waals surface area contributed by atoms with Crippen molar-refractivity contribution in [2.45, 2.75) is 39.1 Å². The summed E-state index contributed by atoms with van der Waals surface area (Å²) in [6, 6.07) is 0.421. The van der Waals surface area contributed by atoms with E-state index in [1.54, 1.807) is 0 Å². The second-order valence-corrected chi connectivity index (χ2v) is 5.37. The predicted molar refractivity (Wildman–Crippen MR) is 66.3 cm³/mol. The van der Waals surface area contributed by atoms with Gasteiger partial charge in [-0.2, -0.15) is 12.6 Å². The number of nitrogens with zero attached hydrogens (tertiary/aromatic N) is 2. The van der Waals surface area contributed by atoms with Gasteiger partial charge in [-0.3, -0.25) is 9.89 Å². The van der Waals surface area contributed by atoms with Gasteiger partial charge in [0.15, 0.2) is 0 Å². The van der Waals surface area contributed by atoms with Gasteiger partial charge in [0.2, 0.25) is 0 Å². The van der Waals surface area contributed by atoms with Crippen molar-refractivity contribution in [3.05, 3.63) is 0 Å². The molecule has 3 atom stereocenters. The summed E-state index contributed by atoms with van der Waals surface area (Å²) >= 11 is 4.46. The summed E-state index contributed by atoms with van der Waals surface area (Å²) in [5.74, 6) is 1.33. The van der Waals surface area contributed by atoms with Crippen LogP contribution >= 0.6 is 12.6 Å². The summed E-state index contributed by atoms with van der Waals surface area (Å²) in [6.07, 6.45) is 2.14. The lowest BCUT2D eigenvalue weighted by Crippen LogP contribution is -2.26. The highest BCUT2D eigenvalue weighted by Gasteiger charge is 2.29. The molecule has 0 spiro atoms. The summed E-state index contributed by atoms with van der Waals surface area (Å²) in [5, 5.41) is 0.370. The highest BCUT2D eigenvalue weighted by molar-refractivity contribution is 7.80. The van der Waals surface area contributed by atoms with Crippen LogP contribution in [0.5, 0.6) is 0 Å². The normalized spacial score (nSPS) is 31.9. The molecule has 3 heteroatoms. The number of rotatable bonds is 3. The first-order chi connectivity index (χ1) is 6.50. The van der Waals surface area contributed by atoms with Gasteiger partial charge in [0, 0.05) is 36.6 Å². The summed E-state index contributed by atoms with van der Waals surface area (Å²) in [4.78, 5) is 6.88. The average molecular weight is 214 g/mol. The molecule has 0 saturated carbocycles. The molecular formula is C11H22N2S. The van der Waals surface area contributed by atoms with E-state index in [9.17, 15) is 0 Å². The Morgan fingerprint density at radius 3 is 2.43 bits per heavy atom. The standard InChI is InChI=1S/C11H22N2S/c1-8(2)12-5-11-7-13(10(4)14)6-9(11)3/h5,8-11,14H,6-7H2,1-4H3/t9-,10-,11?/m1/s1. The summed E-state index contributed by atoms with van der Waals surface area (Å²) < 4.78 is 0. The monoisotopic (exact) mass is 214 g/mol. The Morgan fingerprint density at radius 1 is 1.36 bits per heavy atom. The highest BCUT2D eigenvalue weighted by atomic mass is 32.1. The first kappa shape index (κ1) is 12.1. The highest BCUT2D eigenvalue weighted by Crippen LogP contribution is 2.24. The van der Waals surface area contributed by atoms with Gasteiger partial charge in [-0.1, -0.05) is 6.92 Å². The Hall–Kier alpha value is -0.0200. The molecule has 0 amide bonds. The van der Waals surface area contributed by atoms with Gasteiger partial charge in [0.05, 0.1) is 0 Å². The Labute approximate surface area is 93.2 Å². The van der Waals surface area contributed by atoms with Gasteiger partial charge in [0.1, 0.15) is 0 Å². The third-order valence-electron chi connectivity index (χ3n) is 2.80. The molecule has 1 fully saturated rings. The van der Waals surface area contributed by atoms with E-state index in [0.717, 1.165) is 13.1 Å². The van der Waals surface area contributed by atoms with Crippen LogP contribution in [-0.2, 0) is 0 Å². The van der Waals surface area contributed by atoms with Crippen molar-refractivity contribution in [3.63, 3.8) is 0 Å². The summed E-state index contributed by atoms with van der Waals surface area (Å²) in [7, 11) is 0. The Balaban J connectivity index is 2.48. The molecule has 0 aromatic carbocycles. The van der Waals surface area contributed by atoms with Crippen LogP contribution in [0.15, 0.2) is 4.99 Å². The van der Waals surface area contributed by atoms with Crippen molar-refractivity contribution in [3.8, 4) is 0 Å². The quantitative estimate of drug-likeness (QED) is 0.563. The van der Waals surface area contributed by atoms with Crippen molar-refractivity contribution < 1.29 is 0 Å². The topological polar surface area (TPSA) is 15.6 Å². The Kier molecular flexibility index (Phi) is 4.45. The Morgan fingerprint density at radius 2 is 2.00 bits per heavy atom. The number of hydrogen-bond donors (Lipinski definition) is 1. The zero-order valence-electron chi connectivity index (χ0n) is 9.64. The van der Waals surface area contributed by atoms with Crippen LogP contribution in [0, 0.1) is 11.8 Å². The molecule has 14 heavy (non-hydrogen) atoms. The van der Waals surface area contributed by atoms with E-state index in [-0.39, 0.29) is 0 Å². The molecule has 0 aromatic rings. The fraction of sp³-hybridized carbons (Fsp3) is 0.909. The van der Waals surface area contributed by atoms with Crippen molar-refractivity contribution in [2.75, 3.05) is 13.1 Å². The molecule has 82 valence electrons. The predicted octanol–water partition coefficient (Wildman–Crippen LogP) is 2.31. The van der Waals surface area contributed by atoms with Crippen LogP contribution < -0.4 is 0 Å². The second kappa shape index (κ2) is 5.17. The fourth-order valence-corrected chi connectivity index (χ4v) is 2.00. The Bertz CT molecular complexity index is 201. The van der Waals surface area contributed by atoms with Gasteiger partial charge >= 0.3 is 0 Å². The maximum atomic E-state index is 4.47. The first-order valence-electron chi connectivity index (χ1n) is 5.46. The average Bonchev–Trinajstić information content (AvgIpc) is 2.43. The van der Waals surface area contributed by atoms with Crippen LogP contribution in [0.3, 0.4) is 0 Å². The van der Waals surface area contributed by atoms with E-state index >= 15 is 0 Å². The first-order valence-corrected chi connectivity index (χ1v) is 5.97. The zero-order valence-corrected chi connectivity index (χ0v) is 10.5. The van der Waals surface area contributed by atoms with Gasteiger partial charge in [-0.25, -0.2) is 0 Å². The fourth-order valence-electron chi connectivity index (χ4n) is 1.81. The molecule has 1 unspecified atom stereocenters. The molecule has 1 aliphatic heterocycles. The van der Waals surface area contributed by atoms with E-state index in [1.165, 1.54) is 0 Å². The minimum atomic E-state index is 0.370. The van der Waals surface area contributed by atoms with E-state index in [2.05, 4.69) is 56.4 Å². The smallest absolute Gasteiger partial charge is 0.0499 e. The van der Waals surface area contributed by atoms with Crippen LogP contribution in [-0.4, -0.2) is 35.6 Å². The SMILES string of the molecule is CC(C)N=CC1CN([C@@H](C)S)C[C@H]1C. The molecule has 0 aromatic heterocycles. The molecule has 1 rings (SSSR count). The third-order valence-corrected chi connectivity index (χ3v) is 3.13. The third kappa shape index (κ3) is 3.28. The minimum absolute atomic E-state index is 0.370. The van der Waals surface area contributed by atoms with Crippen LogP contribution in [0.25, 0.3) is 0 Å². The molecule has 1 saturated heterocycles. The number of thiol groups is 1. The van der Waals surface area contributed by atoms with Gasteiger partial charge in [-0.05, 0) is 26.7 Å². The van der Waals surface area contributed by atoms with E-state index in [0.29, 0.717) is 23.3 Å². The van der Waals surface area contributed by atoms with Crippen molar-refractivity contribution in [1.82, 2.24) is 4.90 Å². The van der Waals surface area contributed by atoms with Gasteiger partial charge in [-0.15, -0.1) is 0 Å². The molecule has 0 bridgehead atoms. The lowest BCUT2D eigenvalue weighted by molar-refractivity contribution is 0.321. The lowest BCUT2D eigenvalue weighted by Gasteiger charge is -2.18. The molecule has 1 aliphatic rings. The number of aliphatic imine (C=N–C) groups is 1. The maximum Gasteiger partial charge on any atom is 0.0499 e. The van der Waals surface area contributed by atoms with E-state index < -0.39 is 0 Å². The molecule has 0 radical (unpaired) electrons. The second-order valence-electron chi connectivity index (χ2n) is 4.62. The van der Waals surface area contributed by atoms with E-state index in [1.807, 2.05) is 0 Å². The van der Waals surface area contributed by atoms with Gasteiger partial charge in [0.25, 0.3) is 0 Å². The molecule has 0 aliphatic carbocycles. The van der Waals surface area contributed by atoms with Crippen LogP contribution in [0.4, 0.5) is 0 Å². The number of hydrogen-bond acceptors (Lipinski definition) is 3. The zero-order chi connectivity index (χ0) is 10.7. The van der Waals surface area contributed by atoms with Crippen molar-refractivity contribution in [2.24, 2.45) is 16.8 Å². The van der Waals surface area contributed by atoms with Crippen LogP contribution in [0.2, 0.25) is 0 Å². The number of likely N-dealkylation sites (tertiary alicyclic amines) is 1. The molecule has 2 nitrogen and oxygen atoms in total. The maximum absolute atomic E-state index is 4.47. The summed E-state index contributed by atoms with van der Waals surface area (Å²) in [5.41, 5.74) is 0. The molecule has 0 N–H and O–H groups in total. The lowest BCUT2D eigenvalue weighted by atomic mass is 10.00. The van der Waals surface area contributed by atoms with Crippen LogP contribution in [0.1, 0.15) is 27.7 Å². The molecule has 1 heterocycles. The van der Waals surface area contributed by atoms with Crippen molar-refractivity contribution in [1.29, 1.82) is 0 Å². The summed E-state index contributed by atoms with van der Waals surface area (Å²) in [6.45, 7) is 10.9. The largest absolute Gasteiger partial charge is 0.294 e. The van der Waals surface area contributed by atoms with Crippen molar-refractivity contribution >= 4 is 18.8 Å². The minimum Gasteiger partial charge on any atom is -0.294 e. The van der Waals surface area contributed by atoms with E-state index in [4.69, 9.17) is 0 Å².